The molecular formula is C59H42N2. The molecule has 1 N–H and O–H groups in total. The van der Waals surface area contributed by atoms with Crippen LogP contribution in [0.4, 0.5) is 5.69 Å². The third-order valence-corrected chi connectivity index (χ3v) is 12.4. The molecule has 0 saturated carbocycles. The minimum absolute atomic E-state index is 0.511. The fraction of sp³-hybridized carbons (Fsp3) is 0.0169. The average Bonchev–Trinajstić information content (AvgIpc) is 3.83. The van der Waals surface area contributed by atoms with Crippen LogP contribution in [0.1, 0.15) is 33.4 Å². The van der Waals surface area contributed by atoms with Gasteiger partial charge in [-0.15, -0.1) is 0 Å². The molecule has 0 radical (unpaired) electrons. The Hall–Kier alpha value is -7.94. The quantitative estimate of drug-likeness (QED) is 0.144. The van der Waals surface area contributed by atoms with Gasteiger partial charge in [-0.2, -0.15) is 0 Å². The number of hydrogen-bond donors (Lipinski definition) is 1. The number of para-hydroxylation sites is 1. The van der Waals surface area contributed by atoms with Crippen LogP contribution >= 0.6 is 0 Å². The van der Waals surface area contributed by atoms with Crippen molar-refractivity contribution < 1.29 is 0 Å². The van der Waals surface area contributed by atoms with Gasteiger partial charge in [0.15, 0.2) is 0 Å². The molecule has 1 aromatic heterocycles. The summed E-state index contributed by atoms with van der Waals surface area (Å²) in [6, 6.07) is 79.1. The molecule has 0 saturated heterocycles. The van der Waals surface area contributed by atoms with Crippen molar-refractivity contribution in [3.05, 3.63) is 277 Å². The van der Waals surface area contributed by atoms with E-state index in [2.05, 4.69) is 223 Å². The van der Waals surface area contributed by atoms with Gasteiger partial charge in [0.2, 0.25) is 0 Å². The molecule has 0 aliphatic heterocycles. The fourth-order valence-electron chi connectivity index (χ4n) is 9.71. The van der Waals surface area contributed by atoms with Gasteiger partial charge in [0.1, 0.15) is 0 Å². The Morgan fingerprint density at radius 1 is 0.508 bits per heavy atom. The molecule has 0 atom stereocenters. The Balaban J connectivity index is 1.20. The first kappa shape index (κ1) is 36.2. The maximum atomic E-state index is 4.53. The molecule has 10 aromatic rings. The lowest BCUT2D eigenvalue weighted by Gasteiger charge is -2.33. The highest BCUT2D eigenvalue weighted by atomic mass is 15.0. The first-order valence-corrected chi connectivity index (χ1v) is 20.9. The predicted octanol–water partition coefficient (Wildman–Crippen LogP) is 15.0. The summed E-state index contributed by atoms with van der Waals surface area (Å²) in [4.78, 5) is 0. The molecule has 11 rings (SSSR count). The second kappa shape index (κ2) is 15.0. The van der Waals surface area contributed by atoms with Crippen molar-refractivity contribution in [3.63, 3.8) is 0 Å². The van der Waals surface area contributed by atoms with Crippen LogP contribution in [0.2, 0.25) is 0 Å². The summed E-state index contributed by atoms with van der Waals surface area (Å²) in [5, 5.41) is 8.32. The Morgan fingerprint density at radius 2 is 1.15 bits per heavy atom. The van der Waals surface area contributed by atoms with E-state index in [-0.39, 0.29) is 0 Å². The van der Waals surface area contributed by atoms with Crippen LogP contribution in [0.5, 0.6) is 0 Å². The smallest absolute Gasteiger partial charge is 0.0714 e. The summed E-state index contributed by atoms with van der Waals surface area (Å²) in [5.74, 6) is 0. The second-order valence-electron chi connectivity index (χ2n) is 15.8. The van der Waals surface area contributed by atoms with Gasteiger partial charge in [-0.05, 0) is 109 Å². The number of anilines is 1. The van der Waals surface area contributed by atoms with Crippen LogP contribution in [-0.4, -0.2) is 4.57 Å². The van der Waals surface area contributed by atoms with E-state index in [1.165, 1.54) is 60.4 Å². The third-order valence-electron chi connectivity index (χ3n) is 12.4. The molecular weight excluding hydrogens is 737 g/mol. The molecule has 0 amide bonds. The van der Waals surface area contributed by atoms with E-state index in [0.29, 0.717) is 0 Å². The highest BCUT2D eigenvalue weighted by molar-refractivity contribution is 6.17. The molecule has 0 unspecified atom stereocenters. The zero-order chi connectivity index (χ0) is 40.8. The van der Waals surface area contributed by atoms with Crippen molar-refractivity contribution in [1.29, 1.82) is 0 Å². The Morgan fingerprint density at radius 3 is 1.89 bits per heavy atom. The standard InChI is InChI=1S/C59H42N2/c1-41(42-18-6-2-7-19-42)38-46(36-37-60-49-26-12-5-13-27-49)45-31-35-56-53(40-45)51-33-34-55-57(58(51)61(56)50-32-30-43-20-14-15-21-44(43)39-50)52-28-16-17-29-54(52)59(55,47-22-8-3-9-23-47)48-24-10-4-11-25-48/h2-40,60H,1H2/b37-36-,46-38+. The van der Waals surface area contributed by atoms with Gasteiger partial charge in [-0.25, -0.2) is 0 Å². The van der Waals surface area contributed by atoms with E-state index in [1.807, 2.05) is 30.5 Å². The lowest BCUT2D eigenvalue weighted by molar-refractivity contribution is 0.769. The van der Waals surface area contributed by atoms with Crippen LogP contribution in [0.25, 0.3) is 60.5 Å². The average molecular weight is 779 g/mol. The number of allylic oxidation sites excluding steroid dienone is 4. The Labute approximate surface area is 356 Å². The zero-order valence-electron chi connectivity index (χ0n) is 33.7. The lowest BCUT2D eigenvalue weighted by Crippen LogP contribution is -2.28. The van der Waals surface area contributed by atoms with Crippen LogP contribution < -0.4 is 5.32 Å². The van der Waals surface area contributed by atoms with Gasteiger partial charge in [-0.3, -0.25) is 0 Å². The number of rotatable bonds is 9. The maximum Gasteiger partial charge on any atom is 0.0714 e. The largest absolute Gasteiger partial charge is 0.362 e. The molecule has 1 heterocycles. The normalized spacial score (nSPS) is 13.1. The Kier molecular flexibility index (Phi) is 8.90. The summed E-state index contributed by atoms with van der Waals surface area (Å²) >= 11 is 0. The number of aromatic nitrogens is 1. The van der Waals surface area contributed by atoms with Gasteiger partial charge < -0.3 is 9.88 Å². The van der Waals surface area contributed by atoms with Crippen LogP contribution in [0.3, 0.4) is 0 Å². The highest BCUT2D eigenvalue weighted by Crippen LogP contribution is 2.58. The topological polar surface area (TPSA) is 17.0 Å². The van der Waals surface area contributed by atoms with E-state index in [1.54, 1.807) is 0 Å². The van der Waals surface area contributed by atoms with E-state index in [4.69, 9.17) is 0 Å². The molecule has 1 aliphatic carbocycles. The summed E-state index contributed by atoms with van der Waals surface area (Å²) < 4.78 is 2.52. The van der Waals surface area contributed by atoms with Gasteiger partial charge in [0, 0.05) is 33.9 Å². The number of fused-ring (bicyclic) bond motifs is 8. The van der Waals surface area contributed by atoms with Crippen molar-refractivity contribution in [2.75, 3.05) is 5.32 Å². The summed E-state index contributed by atoms with van der Waals surface area (Å²) in [6.45, 7) is 4.53. The number of benzene rings is 9. The monoisotopic (exact) mass is 778 g/mol. The molecule has 1 aliphatic rings. The van der Waals surface area contributed by atoms with E-state index in [9.17, 15) is 0 Å². The molecule has 61 heavy (non-hydrogen) atoms. The zero-order valence-corrected chi connectivity index (χ0v) is 33.7. The van der Waals surface area contributed by atoms with Gasteiger partial charge in [-0.1, -0.05) is 189 Å². The lowest BCUT2D eigenvalue weighted by atomic mass is 9.67. The molecule has 0 fully saturated rings. The van der Waals surface area contributed by atoms with Gasteiger partial charge in [0.25, 0.3) is 0 Å². The van der Waals surface area contributed by atoms with Crippen molar-refractivity contribution in [2.45, 2.75) is 5.41 Å². The highest BCUT2D eigenvalue weighted by Gasteiger charge is 2.47. The molecule has 2 heteroatoms. The second-order valence-corrected chi connectivity index (χ2v) is 15.8. The molecule has 288 valence electrons. The summed E-state index contributed by atoms with van der Waals surface area (Å²) in [7, 11) is 0. The minimum atomic E-state index is -0.511. The minimum Gasteiger partial charge on any atom is -0.362 e. The van der Waals surface area contributed by atoms with E-state index < -0.39 is 5.41 Å². The molecule has 0 bridgehead atoms. The first-order chi connectivity index (χ1) is 30.2. The predicted molar refractivity (Wildman–Crippen MR) is 258 cm³/mol. The summed E-state index contributed by atoms with van der Waals surface area (Å²) in [5.41, 5.74) is 15.9. The van der Waals surface area contributed by atoms with Gasteiger partial charge >= 0.3 is 0 Å². The first-order valence-electron chi connectivity index (χ1n) is 20.9. The SMILES string of the molecule is C=C(/C=C(\C=C/Nc1ccccc1)c1ccc2c(c1)c1ccc3c(c1n2-c1ccc2ccccc2c1)-c1ccccc1C3(c1ccccc1)c1ccccc1)c1ccccc1. The van der Waals surface area contributed by atoms with E-state index in [0.717, 1.165) is 39.2 Å². The maximum absolute atomic E-state index is 4.53. The van der Waals surface area contributed by atoms with Crippen LogP contribution in [0, 0.1) is 0 Å². The number of nitrogens with one attached hydrogen (secondary N) is 1. The van der Waals surface area contributed by atoms with Crippen molar-refractivity contribution >= 4 is 49.4 Å². The van der Waals surface area contributed by atoms with Crippen LogP contribution in [0.15, 0.2) is 243 Å². The third kappa shape index (κ3) is 6.03. The van der Waals surface area contributed by atoms with Crippen molar-refractivity contribution in [2.24, 2.45) is 0 Å². The van der Waals surface area contributed by atoms with Crippen molar-refractivity contribution in [3.8, 4) is 16.8 Å². The molecule has 9 aromatic carbocycles. The molecule has 0 spiro atoms. The number of nitrogens with zero attached hydrogens (tertiary/aromatic N) is 1. The summed E-state index contributed by atoms with van der Waals surface area (Å²) in [6.07, 6.45) is 6.38. The van der Waals surface area contributed by atoms with E-state index >= 15 is 0 Å². The number of hydrogen-bond acceptors (Lipinski definition) is 1. The van der Waals surface area contributed by atoms with Crippen LogP contribution in [-0.2, 0) is 5.41 Å². The Bertz CT molecular complexity index is 3280. The van der Waals surface area contributed by atoms with Crippen molar-refractivity contribution in [1.82, 2.24) is 4.57 Å². The fourth-order valence-corrected chi connectivity index (χ4v) is 9.71. The van der Waals surface area contributed by atoms with Gasteiger partial charge in [0.05, 0.1) is 16.4 Å². The molecule has 2 nitrogen and oxygen atoms in total.